The maximum absolute atomic E-state index is 12.5. The van der Waals surface area contributed by atoms with E-state index in [1.165, 1.54) is 5.56 Å². The van der Waals surface area contributed by atoms with Gasteiger partial charge in [0.05, 0.1) is 12.2 Å². The molecule has 1 saturated heterocycles. The summed E-state index contributed by atoms with van der Waals surface area (Å²) in [6.45, 7) is 8.96. The van der Waals surface area contributed by atoms with Crippen molar-refractivity contribution < 1.29 is 9.53 Å². The molecule has 0 aromatic heterocycles. The van der Waals surface area contributed by atoms with Crippen molar-refractivity contribution in [1.82, 2.24) is 4.90 Å². The zero-order valence-electron chi connectivity index (χ0n) is 15.5. The van der Waals surface area contributed by atoms with E-state index in [-0.39, 0.29) is 18.1 Å². The molecule has 1 amide bonds. The molecule has 0 saturated carbocycles. The van der Waals surface area contributed by atoms with Crippen LogP contribution in [0.5, 0.6) is 0 Å². The second-order valence-corrected chi connectivity index (χ2v) is 7.98. The molecule has 2 aromatic rings. The molecule has 3 rings (SSSR count). The molecule has 0 aliphatic carbocycles. The molecule has 0 spiro atoms. The van der Waals surface area contributed by atoms with Gasteiger partial charge in [-0.15, -0.1) is 0 Å². The van der Waals surface area contributed by atoms with Crippen LogP contribution >= 0.6 is 15.9 Å². The Balaban J connectivity index is 1.62. The van der Waals surface area contributed by atoms with Crippen molar-refractivity contribution in [3.63, 3.8) is 0 Å². The molecular formula is C21H25BrN2O2. The van der Waals surface area contributed by atoms with Crippen molar-refractivity contribution >= 4 is 27.5 Å². The van der Waals surface area contributed by atoms with E-state index in [0.29, 0.717) is 5.56 Å². The Kier molecular flexibility index (Phi) is 6.12. The van der Waals surface area contributed by atoms with E-state index in [4.69, 9.17) is 4.74 Å². The summed E-state index contributed by atoms with van der Waals surface area (Å²) in [5.41, 5.74) is 3.74. The number of ether oxygens (including phenoxy) is 1. The van der Waals surface area contributed by atoms with Crippen LogP contribution in [-0.2, 0) is 11.3 Å². The highest BCUT2D eigenvalue weighted by atomic mass is 79.9. The van der Waals surface area contributed by atoms with E-state index < -0.39 is 0 Å². The van der Waals surface area contributed by atoms with Crippen molar-refractivity contribution in [3.8, 4) is 0 Å². The molecule has 2 unspecified atom stereocenters. The number of hydrogen-bond donors (Lipinski definition) is 1. The summed E-state index contributed by atoms with van der Waals surface area (Å²) in [6.07, 6.45) is 0.524. The smallest absolute Gasteiger partial charge is 0.255 e. The third-order valence-corrected chi connectivity index (χ3v) is 5.05. The van der Waals surface area contributed by atoms with Crippen molar-refractivity contribution in [2.24, 2.45) is 0 Å². The van der Waals surface area contributed by atoms with Gasteiger partial charge < -0.3 is 10.1 Å². The summed E-state index contributed by atoms with van der Waals surface area (Å²) in [4.78, 5) is 14.9. The molecule has 0 bridgehead atoms. The van der Waals surface area contributed by atoms with Crippen molar-refractivity contribution in [3.05, 3.63) is 63.6 Å². The van der Waals surface area contributed by atoms with Crippen LogP contribution < -0.4 is 5.32 Å². The van der Waals surface area contributed by atoms with Crippen LogP contribution in [-0.4, -0.2) is 36.1 Å². The summed E-state index contributed by atoms with van der Waals surface area (Å²) in [5, 5.41) is 2.98. The summed E-state index contributed by atoms with van der Waals surface area (Å²) in [7, 11) is 0. The van der Waals surface area contributed by atoms with Crippen LogP contribution in [0.1, 0.15) is 35.3 Å². The second kappa shape index (κ2) is 8.33. The van der Waals surface area contributed by atoms with E-state index in [2.05, 4.69) is 40.0 Å². The fourth-order valence-electron chi connectivity index (χ4n) is 3.40. The average Bonchev–Trinajstić information content (AvgIpc) is 2.57. The van der Waals surface area contributed by atoms with Crippen molar-refractivity contribution in [1.29, 1.82) is 0 Å². The lowest BCUT2D eigenvalue weighted by Crippen LogP contribution is -2.44. The SMILES string of the molecule is Cc1cc(Br)ccc1NC(=O)c1ccc(CN2CC(C)OC(C)C2)cc1. The van der Waals surface area contributed by atoms with Gasteiger partial charge in [0.25, 0.3) is 5.91 Å². The van der Waals surface area contributed by atoms with E-state index in [9.17, 15) is 4.79 Å². The molecule has 1 aliphatic rings. The number of halogens is 1. The zero-order valence-corrected chi connectivity index (χ0v) is 17.0. The minimum absolute atomic E-state index is 0.0874. The average molecular weight is 417 g/mol. The van der Waals surface area contributed by atoms with Gasteiger partial charge in [-0.25, -0.2) is 0 Å². The van der Waals surface area contributed by atoms with Crippen molar-refractivity contribution in [2.45, 2.75) is 39.5 Å². The summed E-state index contributed by atoms with van der Waals surface area (Å²) >= 11 is 3.44. The minimum atomic E-state index is -0.0874. The van der Waals surface area contributed by atoms with Crippen LogP contribution in [0.2, 0.25) is 0 Å². The zero-order chi connectivity index (χ0) is 18.7. The van der Waals surface area contributed by atoms with Gasteiger partial charge in [-0.05, 0) is 62.2 Å². The molecule has 1 aliphatic heterocycles. The largest absolute Gasteiger partial charge is 0.373 e. The molecular weight excluding hydrogens is 392 g/mol. The highest BCUT2D eigenvalue weighted by molar-refractivity contribution is 9.10. The summed E-state index contributed by atoms with van der Waals surface area (Å²) in [5.74, 6) is -0.0874. The number of carbonyl (C=O) groups is 1. The van der Waals surface area contributed by atoms with Gasteiger partial charge in [-0.3, -0.25) is 9.69 Å². The lowest BCUT2D eigenvalue weighted by Gasteiger charge is -2.35. The van der Waals surface area contributed by atoms with Gasteiger partial charge in [-0.1, -0.05) is 28.1 Å². The number of nitrogens with zero attached hydrogens (tertiary/aromatic N) is 1. The predicted molar refractivity (Wildman–Crippen MR) is 109 cm³/mol. The van der Waals surface area contributed by atoms with E-state index in [1.54, 1.807) is 0 Å². The molecule has 4 nitrogen and oxygen atoms in total. The Morgan fingerprint density at radius 1 is 1.15 bits per heavy atom. The normalized spacial score (nSPS) is 20.8. The number of carbonyl (C=O) groups excluding carboxylic acids is 1. The lowest BCUT2D eigenvalue weighted by atomic mass is 10.1. The number of benzene rings is 2. The lowest BCUT2D eigenvalue weighted by molar-refractivity contribution is -0.0704. The number of hydrogen-bond acceptors (Lipinski definition) is 3. The second-order valence-electron chi connectivity index (χ2n) is 7.06. The number of nitrogens with one attached hydrogen (secondary N) is 1. The monoisotopic (exact) mass is 416 g/mol. The molecule has 1 heterocycles. The third kappa shape index (κ3) is 4.93. The van der Waals surface area contributed by atoms with E-state index in [0.717, 1.165) is 35.4 Å². The van der Waals surface area contributed by atoms with Gasteiger partial charge >= 0.3 is 0 Å². The van der Waals surface area contributed by atoms with Gasteiger partial charge in [0, 0.05) is 35.4 Å². The van der Waals surface area contributed by atoms with Gasteiger partial charge in [0.1, 0.15) is 0 Å². The Morgan fingerprint density at radius 3 is 2.42 bits per heavy atom. The molecule has 138 valence electrons. The van der Waals surface area contributed by atoms with Gasteiger partial charge in [0.15, 0.2) is 0 Å². The fourth-order valence-corrected chi connectivity index (χ4v) is 3.87. The predicted octanol–water partition coefficient (Wildman–Crippen LogP) is 4.62. The molecule has 2 atom stereocenters. The molecule has 1 fully saturated rings. The van der Waals surface area contributed by atoms with Gasteiger partial charge in [-0.2, -0.15) is 0 Å². The number of morpholine rings is 1. The summed E-state index contributed by atoms with van der Waals surface area (Å²) < 4.78 is 6.78. The highest BCUT2D eigenvalue weighted by Crippen LogP contribution is 2.21. The third-order valence-electron chi connectivity index (χ3n) is 4.55. The molecule has 0 radical (unpaired) electrons. The maximum Gasteiger partial charge on any atom is 0.255 e. The first kappa shape index (κ1) is 19.1. The molecule has 5 heteroatoms. The molecule has 1 N–H and O–H groups in total. The van der Waals surface area contributed by atoms with Gasteiger partial charge in [0.2, 0.25) is 0 Å². The Bertz CT molecular complexity index is 766. The van der Waals surface area contributed by atoms with Crippen LogP contribution in [0.25, 0.3) is 0 Å². The Morgan fingerprint density at radius 2 is 1.81 bits per heavy atom. The fraction of sp³-hybridized carbons (Fsp3) is 0.381. The van der Waals surface area contributed by atoms with Crippen LogP contribution in [0.4, 0.5) is 5.69 Å². The Labute approximate surface area is 163 Å². The van der Waals surface area contributed by atoms with E-state index in [1.807, 2.05) is 49.4 Å². The number of anilines is 1. The first-order valence-corrected chi connectivity index (χ1v) is 9.74. The maximum atomic E-state index is 12.5. The number of rotatable bonds is 4. The van der Waals surface area contributed by atoms with Crippen LogP contribution in [0.15, 0.2) is 46.9 Å². The highest BCUT2D eigenvalue weighted by Gasteiger charge is 2.22. The van der Waals surface area contributed by atoms with E-state index >= 15 is 0 Å². The topological polar surface area (TPSA) is 41.6 Å². The summed E-state index contributed by atoms with van der Waals surface area (Å²) in [6, 6.07) is 13.7. The Hall–Kier alpha value is -1.69. The first-order valence-electron chi connectivity index (χ1n) is 8.95. The molecule has 26 heavy (non-hydrogen) atoms. The van der Waals surface area contributed by atoms with Crippen LogP contribution in [0.3, 0.4) is 0 Å². The number of aryl methyl sites for hydroxylation is 1. The van der Waals surface area contributed by atoms with Crippen molar-refractivity contribution in [2.75, 3.05) is 18.4 Å². The molecule has 2 aromatic carbocycles. The standard InChI is InChI=1S/C21H25BrN2O2/c1-14-10-19(22)8-9-20(14)23-21(25)18-6-4-17(5-7-18)13-24-11-15(2)26-16(3)12-24/h4-10,15-16H,11-13H2,1-3H3,(H,23,25). The quantitative estimate of drug-likeness (QED) is 0.790. The number of amides is 1. The first-order chi connectivity index (χ1) is 12.4. The van der Waals surface area contributed by atoms with Crippen LogP contribution in [0, 0.1) is 6.92 Å². The minimum Gasteiger partial charge on any atom is -0.373 e.